The Morgan fingerprint density at radius 1 is 1.35 bits per heavy atom. The zero-order chi connectivity index (χ0) is 14.7. The van der Waals surface area contributed by atoms with Crippen molar-refractivity contribution < 1.29 is 9.90 Å². The van der Waals surface area contributed by atoms with Crippen LogP contribution >= 0.6 is 15.9 Å². The highest BCUT2D eigenvalue weighted by atomic mass is 79.9. The van der Waals surface area contributed by atoms with E-state index < -0.39 is 5.97 Å². The maximum Gasteiger partial charge on any atom is 0.335 e. The topological polar surface area (TPSA) is 62.2 Å². The average molecular weight is 335 g/mol. The molecule has 1 aromatic heterocycles. The summed E-state index contributed by atoms with van der Waals surface area (Å²) in [5.74, 6) is -0.410. The Hall–Kier alpha value is -1.88. The number of hydrogen-bond donors (Lipinski definition) is 2. The molecule has 0 aliphatic rings. The first-order valence-corrected chi connectivity index (χ1v) is 7.06. The van der Waals surface area contributed by atoms with Crippen LogP contribution < -0.4 is 5.32 Å². The minimum absolute atomic E-state index is 0.241. The first-order chi connectivity index (χ1) is 9.49. The lowest BCUT2D eigenvalue weighted by atomic mass is 10.2. The van der Waals surface area contributed by atoms with Crippen LogP contribution in [0.3, 0.4) is 0 Å². The van der Waals surface area contributed by atoms with Crippen molar-refractivity contribution in [1.29, 1.82) is 0 Å². The number of benzene rings is 1. The normalized spacial score (nSPS) is 10.3. The highest BCUT2D eigenvalue weighted by Gasteiger charge is 2.08. The fraction of sp³-hybridized carbons (Fsp3) is 0.200. The molecule has 1 heterocycles. The number of aromatic carboxylic acids is 1. The Balaban J connectivity index is 2.34. The van der Waals surface area contributed by atoms with E-state index in [2.05, 4.69) is 26.2 Å². The average Bonchev–Trinajstić information content (AvgIpc) is 2.42. The van der Waals surface area contributed by atoms with Gasteiger partial charge in [0.2, 0.25) is 0 Å². The van der Waals surface area contributed by atoms with Gasteiger partial charge < -0.3 is 10.4 Å². The van der Waals surface area contributed by atoms with Gasteiger partial charge >= 0.3 is 5.97 Å². The number of carbonyl (C=O) groups is 1. The second-order valence-corrected chi connectivity index (χ2v) is 5.33. The molecule has 1 aromatic carbocycles. The van der Waals surface area contributed by atoms with Crippen LogP contribution in [0.25, 0.3) is 0 Å². The largest absolute Gasteiger partial charge is 0.478 e. The van der Waals surface area contributed by atoms with E-state index in [4.69, 9.17) is 5.11 Å². The van der Waals surface area contributed by atoms with Gasteiger partial charge in [-0.1, -0.05) is 28.9 Å². The molecule has 4 nitrogen and oxygen atoms in total. The molecule has 2 aromatic rings. The van der Waals surface area contributed by atoms with Gasteiger partial charge in [-0.2, -0.15) is 0 Å². The van der Waals surface area contributed by atoms with E-state index in [1.54, 1.807) is 6.07 Å². The molecule has 2 N–H and O–H groups in total. The predicted molar refractivity (Wildman–Crippen MR) is 82.7 cm³/mol. The molecule has 2 rings (SSSR count). The van der Waals surface area contributed by atoms with Crippen molar-refractivity contribution in [2.75, 3.05) is 5.32 Å². The summed E-state index contributed by atoms with van der Waals surface area (Å²) in [5, 5.41) is 12.3. The smallest absolute Gasteiger partial charge is 0.335 e. The molecule has 0 radical (unpaired) electrons. The van der Waals surface area contributed by atoms with Crippen molar-refractivity contribution in [1.82, 2.24) is 4.98 Å². The molecule has 0 spiro atoms. The van der Waals surface area contributed by atoms with Gasteiger partial charge in [0.05, 0.1) is 5.56 Å². The van der Waals surface area contributed by atoms with E-state index in [-0.39, 0.29) is 5.56 Å². The predicted octanol–water partition coefficient (Wildman–Crippen LogP) is 4.16. The molecule has 0 aliphatic carbocycles. The number of aromatic nitrogens is 1. The van der Waals surface area contributed by atoms with Crippen LogP contribution in [0.1, 0.15) is 28.5 Å². The first kappa shape index (κ1) is 14.5. The van der Waals surface area contributed by atoms with Crippen molar-refractivity contribution in [2.45, 2.75) is 20.3 Å². The number of anilines is 2. The van der Waals surface area contributed by atoms with Gasteiger partial charge in [0, 0.05) is 15.9 Å². The van der Waals surface area contributed by atoms with Crippen LogP contribution in [0.2, 0.25) is 0 Å². The van der Waals surface area contributed by atoms with Crippen molar-refractivity contribution in [3.63, 3.8) is 0 Å². The summed E-state index contributed by atoms with van der Waals surface area (Å²) in [4.78, 5) is 15.5. The molecule has 0 atom stereocenters. The molecule has 5 heteroatoms. The van der Waals surface area contributed by atoms with E-state index >= 15 is 0 Å². The van der Waals surface area contributed by atoms with E-state index in [9.17, 15) is 4.79 Å². The maximum atomic E-state index is 11.1. The number of carboxylic acid groups (broad SMARTS) is 1. The zero-order valence-electron chi connectivity index (χ0n) is 11.3. The summed E-state index contributed by atoms with van der Waals surface area (Å²) < 4.78 is 0.993. The lowest BCUT2D eigenvalue weighted by Crippen LogP contribution is -2.03. The molecule has 0 saturated carbocycles. The highest BCUT2D eigenvalue weighted by molar-refractivity contribution is 9.10. The van der Waals surface area contributed by atoms with Gasteiger partial charge in [0.25, 0.3) is 0 Å². The lowest BCUT2D eigenvalue weighted by Gasteiger charge is -2.09. The van der Waals surface area contributed by atoms with Crippen LogP contribution in [-0.4, -0.2) is 16.1 Å². The molecule has 0 amide bonds. The standard InChI is InChI=1S/C15H15BrN2O2/c1-3-11-6-10(15(19)20)7-14(17-11)18-12-5-4-9(2)13(16)8-12/h4-8H,3H2,1-2H3,(H,17,18)(H,19,20). The number of halogens is 1. The number of nitrogens with zero attached hydrogens (tertiary/aromatic N) is 1. The van der Waals surface area contributed by atoms with E-state index in [0.29, 0.717) is 12.2 Å². The summed E-state index contributed by atoms with van der Waals surface area (Å²) in [7, 11) is 0. The molecular formula is C15H15BrN2O2. The molecule has 0 unspecified atom stereocenters. The van der Waals surface area contributed by atoms with Crippen LogP contribution in [0, 0.1) is 6.92 Å². The van der Waals surface area contributed by atoms with Gasteiger partial charge in [0.15, 0.2) is 0 Å². The van der Waals surface area contributed by atoms with Gasteiger partial charge in [-0.3, -0.25) is 0 Å². The Kier molecular flexibility index (Phi) is 4.39. The van der Waals surface area contributed by atoms with E-state index in [0.717, 1.165) is 21.4 Å². The molecule has 0 aliphatic heterocycles. The van der Waals surface area contributed by atoms with Crippen LogP contribution in [0.4, 0.5) is 11.5 Å². The van der Waals surface area contributed by atoms with Crippen molar-refractivity contribution in [2.24, 2.45) is 0 Å². The molecule has 0 fully saturated rings. The summed E-state index contributed by atoms with van der Waals surface area (Å²) in [5.41, 5.74) is 2.99. The number of rotatable bonds is 4. The van der Waals surface area contributed by atoms with Crippen molar-refractivity contribution >= 4 is 33.4 Å². The third-order valence-electron chi connectivity index (χ3n) is 2.93. The van der Waals surface area contributed by atoms with Crippen LogP contribution in [0.5, 0.6) is 0 Å². The number of pyridine rings is 1. The van der Waals surface area contributed by atoms with Gasteiger partial charge in [-0.15, -0.1) is 0 Å². The van der Waals surface area contributed by atoms with Crippen LogP contribution in [0.15, 0.2) is 34.8 Å². The summed E-state index contributed by atoms with van der Waals surface area (Å²) in [6.07, 6.45) is 0.688. The monoisotopic (exact) mass is 334 g/mol. The Bertz CT molecular complexity index is 656. The molecule has 0 saturated heterocycles. The third-order valence-corrected chi connectivity index (χ3v) is 3.79. The van der Waals surface area contributed by atoms with Gasteiger partial charge in [-0.05, 0) is 43.2 Å². The second-order valence-electron chi connectivity index (χ2n) is 4.48. The lowest BCUT2D eigenvalue weighted by molar-refractivity contribution is 0.0696. The minimum Gasteiger partial charge on any atom is -0.478 e. The first-order valence-electron chi connectivity index (χ1n) is 6.27. The van der Waals surface area contributed by atoms with Crippen LogP contribution in [-0.2, 0) is 6.42 Å². The number of nitrogens with one attached hydrogen (secondary N) is 1. The Labute approximate surface area is 126 Å². The molecule has 20 heavy (non-hydrogen) atoms. The summed E-state index contributed by atoms with van der Waals surface area (Å²) >= 11 is 3.47. The van der Waals surface area contributed by atoms with Gasteiger partial charge in [0.1, 0.15) is 5.82 Å². The van der Waals surface area contributed by atoms with Crippen molar-refractivity contribution in [3.8, 4) is 0 Å². The Morgan fingerprint density at radius 3 is 2.70 bits per heavy atom. The summed E-state index contributed by atoms with van der Waals surface area (Å²) in [6.45, 7) is 3.95. The number of hydrogen-bond acceptors (Lipinski definition) is 3. The SMILES string of the molecule is CCc1cc(C(=O)O)cc(Nc2ccc(C)c(Br)c2)n1. The molecular weight excluding hydrogens is 320 g/mol. The fourth-order valence-electron chi connectivity index (χ4n) is 1.77. The Morgan fingerprint density at radius 2 is 2.10 bits per heavy atom. The third kappa shape index (κ3) is 3.36. The molecule has 104 valence electrons. The quantitative estimate of drug-likeness (QED) is 0.881. The molecule has 0 bridgehead atoms. The van der Waals surface area contributed by atoms with Crippen molar-refractivity contribution in [3.05, 3.63) is 51.6 Å². The van der Waals surface area contributed by atoms with Gasteiger partial charge in [-0.25, -0.2) is 9.78 Å². The van der Waals surface area contributed by atoms with E-state index in [1.807, 2.05) is 32.0 Å². The minimum atomic E-state index is -0.949. The van der Waals surface area contributed by atoms with E-state index in [1.165, 1.54) is 6.07 Å². The highest BCUT2D eigenvalue weighted by Crippen LogP contribution is 2.23. The summed E-state index contributed by atoms with van der Waals surface area (Å²) in [6, 6.07) is 8.99. The number of aryl methyl sites for hydroxylation is 2. The second kappa shape index (κ2) is 6.05. The maximum absolute atomic E-state index is 11.1. The number of carboxylic acids is 1. The fourth-order valence-corrected chi connectivity index (χ4v) is 2.15. The zero-order valence-corrected chi connectivity index (χ0v) is 12.9.